The number of Topliss-reactive ketones (excluding diaryl/α,β-unsaturated/α-hetero) is 1. The van der Waals surface area contributed by atoms with Gasteiger partial charge in [0.05, 0.1) is 5.57 Å². The van der Waals surface area contributed by atoms with Crippen LogP contribution in [-0.2, 0) is 9.63 Å². The van der Waals surface area contributed by atoms with Gasteiger partial charge < -0.3 is 9.94 Å². The number of nitrogens with zero attached hydrogens (tertiary/aromatic N) is 1. The number of allylic oxidation sites excluding steroid dienone is 2. The summed E-state index contributed by atoms with van der Waals surface area (Å²) in [5.74, 6) is -0.306. The predicted molar refractivity (Wildman–Crippen MR) is 83.7 cm³/mol. The number of hydrogen-bond donors (Lipinski definition) is 3. The van der Waals surface area contributed by atoms with E-state index in [1.807, 2.05) is 0 Å². The van der Waals surface area contributed by atoms with E-state index in [0.717, 1.165) is 4.90 Å². The first-order valence-corrected chi connectivity index (χ1v) is 6.97. The van der Waals surface area contributed by atoms with Gasteiger partial charge in [-0.25, -0.2) is 0 Å². The second kappa shape index (κ2) is 6.37. The van der Waals surface area contributed by atoms with Crippen LogP contribution in [0.15, 0.2) is 38.9 Å². The smallest absolute Gasteiger partial charge is 0.170 e. The highest BCUT2D eigenvalue weighted by atomic mass is 32.1. The molecule has 2 rings (SSSR count). The van der Waals surface area contributed by atoms with Gasteiger partial charge in [0, 0.05) is 33.9 Å². The van der Waals surface area contributed by atoms with E-state index in [9.17, 15) is 9.90 Å². The van der Waals surface area contributed by atoms with Crippen molar-refractivity contribution in [1.82, 2.24) is 0 Å². The normalized spacial score (nSPS) is 19.1. The summed E-state index contributed by atoms with van der Waals surface area (Å²) in [7, 11) is 1.44. The zero-order chi connectivity index (χ0) is 14.7. The molecule has 0 saturated carbocycles. The highest BCUT2D eigenvalue weighted by molar-refractivity contribution is 7.80. The Morgan fingerprint density at radius 2 is 2.25 bits per heavy atom. The van der Waals surface area contributed by atoms with Gasteiger partial charge in [-0.1, -0.05) is 5.16 Å². The molecule has 4 nitrogen and oxygen atoms in total. The second-order valence-electron chi connectivity index (χ2n) is 4.49. The quantitative estimate of drug-likeness (QED) is 0.455. The van der Waals surface area contributed by atoms with Gasteiger partial charge in [-0.3, -0.25) is 4.79 Å². The van der Waals surface area contributed by atoms with Gasteiger partial charge in [0.15, 0.2) is 5.78 Å². The van der Waals surface area contributed by atoms with Crippen molar-refractivity contribution in [2.75, 3.05) is 7.11 Å². The number of carbonyl (C=O) groups is 1. The van der Waals surface area contributed by atoms with Crippen molar-refractivity contribution < 1.29 is 14.7 Å². The Morgan fingerprint density at radius 3 is 2.95 bits per heavy atom. The van der Waals surface area contributed by atoms with Gasteiger partial charge in [-0.05, 0) is 24.6 Å². The van der Waals surface area contributed by atoms with Crippen molar-refractivity contribution in [1.29, 1.82) is 0 Å². The summed E-state index contributed by atoms with van der Waals surface area (Å²) < 4.78 is 0. The molecule has 0 fully saturated rings. The lowest BCUT2D eigenvalue weighted by atomic mass is 9.97. The minimum atomic E-state index is -0.305. The molecular formula is C14H15NO3S2. The maximum Gasteiger partial charge on any atom is 0.170 e. The van der Waals surface area contributed by atoms with Crippen LogP contribution >= 0.6 is 25.3 Å². The number of benzene rings is 1. The summed E-state index contributed by atoms with van der Waals surface area (Å²) in [4.78, 5) is 18.3. The Hall–Kier alpha value is -1.40. The zero-order valence-electron chi connectivity index (χ0n) is 10.9. The predicted octanol–water partition coefficient (Wildman–Crippen LogP) is 3.14. The van der Waals surface area contributed by atoms with Crippen molar-refractivity contribution in [3.8, 4) is 0 Å². The van der Waals surface area contributed by atoms with Crippen LogP contribution in [0.2, 0.25) is 0 Å². The molecule has 0 aliphatic heterocycles. The number of thiol groups is 2. The van der Waals surface area contributed by atoms with Crippen molar-refractivity contribution in [2.45, 2.75) is 22.6 Å². The molecule has 0 aromatic heterocycles. The summed E-state index contributed by atoms with van der Waals surface area (Å²) in [5.41, 5.74) is 0.955. The number of carbonyl (C=O) groups excluding carboxylic acids is 1. The Morgan fingerprint density at radius 1 is 1.50 bits per heavy atom. The lowest BCUT2D eigenvalue weighted by molar-refractivity contribution is -0.116. The third-order valence-corrected chi connectivity index (χ3v) is 3.83. The third kappa shape index (κ3) is 3.02. The fourth-order valence-corrected chi connectivity index (χ4v) is 2.68. The summed E-state index contributed by atoms with van der Waals surface area (Å²) in [6, 6.07) is 5.28. The van der Waals surface area contributed by atoms with Crippen molar-refractivity contribution in [2.24, 2.45) is 11.1 Å². The average Bonchev–Trinajstić information content (AvgIpc) is 2.68. The maximum absolute atomic E-state index is 12.4. The van der Waals surface area contributed by atoms with Crippen LogP contribution in [0, 0.1) is 5.92 Å². The summed E-state index contributed by atoms with van der Waals surface area (Å²) in [6.45, 7) is 0. The van der Waals surface area contributed by atoms with Crippen LogP contribution in [0.3, 0.4) is 0 Å². The Balaban J connectivity index is 2.28. The molecule has 1 aliphatic rings. The Labute approximate surface area is 128 Å². The topological polar surface area (TPSA) is 58.9 Å². The van der Waals surface area contributed by atoms with Crippen LogP contribution in [0.5, 0.6) is 0 Å². The van der Waals surface area contributed by atoms with Crippen LogP contribution in [0.1, 0.15) is 18.4 Å². The highest BCUT2D eigenvalue weighted by Gasteiger charge is 2.34. The fourth-order valence-electron chi connectivity index (χ4n) is 2.22. The number of hydrogen-bond acceptors (Lipinski definition) is 6. The molecule has 1 unspecified atom stereocenters. The van der Waals surface area contributed by atoms with Gasteiger partial charge in [-0.15, -0.1) is 25.3 Å². The molecule has 1 atom stereocenters. The number of aliphatic hydroxyl groups is 1. The van der Waals surface area contributed by atoms with E-state index in [-0.39, 0.29) is 17.5 Å². The van der Waals surface area contributed by atoms with Gasteiger partial charge in [0.1, 0.15) is 12.9 Å². The first-order chi connectivity index (χ1) is 9.54. The minimum Gasteiger partial charge on any atom is -0.512 e. The molecule has 0 heterocycles. The van der Waals surface area contributed by atoms with Crippen LogP contribution in [-0.4, -0.2) is 24.2 Å². The monoisotopic (exact) mass is 309 g/mol. The van der Waals surface area contributed by atoms with Gasteiger partial charge in [-0.2, -0.15) is 0 Å². The molecule has 0 saturated heterocycles. The maximum atomic E-state index is 12.4. The first-order valence-electron chi connectivity index (χ1n) is 6.08. The molecule has 20 heavy (non-hydrogen) atoms. The number of aliphatic hydroxyl groups excluding tert-OH is 1. The summed E-state index contributed by atoms with van der Waals surface area (Å²) in [6.07, 6.45) is 2.28. The molecule has 1 aromatic carbocycles. The van der Waals surface area contributed by atoms with Crippen LogP contribution in [0.25, 0.3) is 5.57 Å². The average molecular weight is 309 g/mol. The Kier molecular flexibility index (Phi) is 4.77. The highest BCUT2D eigenvalue weighted by Crippen LogP contribution is 2.37. The molecule has 1 N–H and O–H groups in total. The SMILES string of the molecule is CON=CCC1CC(O)=C(c2cc(S)ccc2S)C1=O. The molecule has 0 radical (unpaired) electrons. The first kappa shape index (κ1) is 15.0. The molecule has 1 aliphatic carbocycles. The summed E-state index contributed by atoms with van der Waals surface area (Å²) >= 11 is 8.60. The van der Waals surface area contributed by atoms with E-state index >= 15 is 0 Å². The van der Waals surface area contributed by atoms with E-state index in [4.69, 9.17) is 0 Å². The van der Waals surface area contributed by atoms with E-state index in [2.05, 4.69) is 35.3 Å². The Bertz CT molecular complexity index is 596. The lowest BCUT2D eigenvalue weighted by Gasteiger charge is -2.08. The molecule has 0 bridgehead atoms. The fraction of sp³-hybridized carbons (Fsp3) is 0.286. The third-order valence-electron chi connectivity index (χ3n) is 3.16. The van der Waals surface area contributed by atoms with E-state index in [1.54, 1.807) is 18.2 Å². The van der Waals surface area contributed by atoms with Crippen molar-refractivity contribution in [3.63, 3.8) is 0 Å². The molecule has 0 amide bonds. The number of rotatable bonds is 4. The molecule has 1 aromatic rings. The molecule has 6 heteroatoms. The van der Waals surface area contributed by atoms with E-state index < -0.39 is 0 Å². The molecular weight excluding hydrogens is 294 g/mol. The standard InChI is InChI=1S/C14H15NO3S2/c1-18-15-5-4-8-6-11(16)13(14(8)17)10-7-9(19)2-3-12(10)20/h2-3,5,7-8,16,19-20H,4,6H2,1H3. The van der Waals surface area contributed by atoms with Gasteiger partial charge >= 0.3 is 0 Å². The van der Waals surface area contributed by atoms with E-state index in [0.29, 0.717) is 28.9 Å². The van der Waals surface area contributed by atoms with Gasteiger partial charge in [0.25, 0.3) is 0 Å². The largest absolute Gasteiger partial charge is 0.512 e. The number of ketones is 1. The second-order valence-corrected chi connectivity index (χ2v) is 5.49. The minimum absolute atomic E-state index is 0.0973. The lowest BCUT2D eigenvalue weighted by Crippen LogP contribution is -2.10. The van der Waals surface area contributed by atoms with Crippen molar-refractivity contribution >= 4 is 42.8 Å². The number of oxime groups is 1. The van der Waals surface area contributed by atoms with Crippen LogP contribution in [0.4, 0.5) is 0 Å². The molecule has 106 valence electrons. The molecule has 0 spiro atoms. The van der Waals surface area contributed by atoms with E-state index in [1.165, 1.54) is 13.3 Å². The van der Waals surface area contributed by atoms with Crippen molar-refractivity contribution in [3.05, 3.63) is 29.5 Å². The zero-order valence-corrected chi connectivity index (χ0v) is 12.7. The van der Waals surface area contributed by atoms with Gasteiger partial charge in [0.2, 0.25) is 0 Å². The summed E-state index contributed by atoms with van der Waals surface area (Å²) in [5, 5.41) is 13.7. The van der Waals surface area contributed by atoms with Crippen LogP contribution < -0.4 is 0 Å².